The maximum atomic E-state index is 0. The molecule has 26 valence electrons. The Kier molecular flexibility index (Phi) is 160. The van der Waals surface area contributed by atoms with Crippen molar-refractivity contribution >= 4 is 43.6 Å². The summed E-state index contributed by atoms with van der Waals surface area (Å²) < 4.78 is 0. The van der Waals surface area contributed by atoms with Crippen LogP contribution in [0.3, 0.4) is 0 Å². The molecule has 0 unspecified atom stereocenters. The molecular formula is H8AlBiHfO. The minimum Gasteiger partial charge on any atom is 0 e. The second kappa shape index (κ2) is 18.7. The molecule has 0 atom stereocenters. The van der Waals surface area contributed by atoms with E-state index in [1.165, 1.54) is 0 Å². The Bertz CT molecular complexity index is 8.00. The summed E-state index contributed by atoms with van der Waals surface area (Å²) in [7, 11) is 0. The van der Waals surface area contributed by atoms with Crippen LogP contribution >= 0.6 is 0 Å². The Labute approximate surface area is 73.9 Å². The maximum Gasteiger partial charge on any atom is 0 e. The molecule has 0 saturated heterocycles. The van der Waals surface area contributed by atoms with E-state index in [1.54, 1.807) is 0 Å². The fourth-order valence-corrected chi connectivity index (χ4v) is 0. The van der Waals surface area contributed by atoms with Crippen LogP contribution in [-0.2, 0) is 25.8 Å². The van der Waals surface area contributed by atoms with E-state index in [1.807, 2.05) is 0 Å². The van der Waals surface area contributed by atoms with Gasteiger partial charge in [-0.05, 0) is 0 Å². The molecule has 0 aromatic rings. The molecule has 0 saturated carbocycles. The molecule has 0 aliphatic carbocycles. The zero-order chi connectivity index (χ0) is 0. The summed E-state index contributed by atoms with van der Waals surface area (Å²) in [5, 5.41) is 0. The largest absolute Gasteiger partial charge is 0 e. The molecule has 0 spiro atoms. The first kappa shape index (κ1) is 34.1. The van der Waals surface area contributed by atoms with Crippen molar-refractivity contribution in [3.63, 3.8) is 0 Å². The van der Waals surface area contributed by atoms with E-state index in [4.69, 9.17) is 0 Å². The molecule has 0 heterocycles. The Hall–Kier alpha value is 2.25. The Balaban J connectivity index is 0. The molecule has 0 radical (unpaired) electrons. The van der Waals surface area contributed by atoms with Crippen molar-refractivity contribution < 1.29 is 31.3 Å². The third kappa shape index (κ3) is 8.87. The summed E-state index contributed by atoms with van der Waals surface area (Å²) in [5.74, 6) is 0. The van der Waals surface area contributed by atoms with E-state index in [0.717, 1.165) is 0 Å². The van der Waals surface area contributed by atoms with Gasteiger partial charge in [0, 0.05) is 25.8 Å². The van der Waals surface area contributed by atoms with Crippen molar-refractivity contribution in [2.45, 2.75) is 0 Å². The fraction of sp³-hybridized carbons (Fsp3) is 0. The predicted molar refractivity (Wildman–Crippen MR) is 23.5 cm³/mol. The molecular weight excluding hydrogens is 430 g/mol. The second-order valence-corrected chi connectivity index (χ2v) is 0. The molecule has 0 rings (SSSR count). The third-order valence-corrected chi connectivity index (χ3v) is 0. The summed E-state index contributed by atoms with van der Waals surface area (Å²) in [6.07, 6.45) is 0. The summed E-state index contributed by atoms with van der Waals surface area (Å²) in [6, 6.07) is 0. The van der Waals surface area contributed by atoms with Crippen LogP contribution < -0.4 is 0 Å². The standard InChI is InChI=1S/Al.Bi.Hf.H2O.6H/h;;;1H2;;;;;;. The van der Waals surface area contributed by atoms with Crippen LogP contribution in [0.25, 0.3) is 0 Å². The van der Waals surface area contributed by atoms with Crippen LogP contribution in [0.15, 0.2) is 0 Å². The monoisotopic (exact) mass is 440 g/mol. The van der Waals surface area contributed by atoms with Crippen molar-refractivity contribution in [3.8, 4) is 0 Å². The molecule has 0 aromatic heterocycles. The third-order valence-electron chi connectivity index (χ3n) is 0. The normalized spacial score (nSPS) is 0. The van der Waals surface area contributed by atoms with Crippen molar-refractivity contribution in [3.05, 3.63) is 0 Å². The molecule has 0 aromatic carbocycles. The van der Waals surface area contributed by atoms with Crippen molar-refractivity contribution in [2.24, 2.45) is 0 Å². The summed E-state index contributed by atoms with van der Waals surface area (Å²) in [6.45, 7) is 0. The summed E-state index contributed by atoms with van der Waals surface area (Å²) >= 11 is 0. The summed E-state index contributed by atoms with van der Waals surface area (Å²) in [4.78, 5) is 0. The number of rotatable bonds is 0. The molecule has 1 nitrogen and oxygen atoms in total. The SMILES string of the molecule is O.[AlH3].[BiH3].[Hf]. The van der Waals surface area contributed by atoms with Gasteiger partial charge in [0.2, 0.25) is 0 Å². The minimum atomic E-state index is 0. The predicted octanol–water partition coefficient (Wildman–Crippen LogP) is -3.20. The quantitative estimate of drug-likeness (QED) is 0.357. The zero-order valence-corrected chi connectivity index (χ0v) is 10.8. The van der Waals surface area contributed by atoms with E-state index in [2.05, 4.69) is 0 Å². The van der Waals surface area contributed by atoms with Crippen LogP contribution in [0.2, 0.25) is 0 Å². The molecule has 0 amide bonds. The van der Waals surface area contributed by atoms with Gasteiger partial charge in [0.05, 0.1) is 0 Å². The molecule has 4 heteroatoms. The smallest absolute Gasteiger partial charge is 0 e. The first-order valence-corrected chi connectivity index (χ1v) is 0. The van der Waals surface area contributed by atoms with Crippen LogP contribution in [0.5, 0.6) is 0 Å². The summed E-state index contributed by atoms with van der Waals surface area (Å²) in [5.41, 5.74) is 0. The molecule has 0 aliphatic heterocycles. The van der Waals surface area contributed by atoms with E-state index < -0.39 is 0 Å². The van der Waals surface area contributed by atoms with Gasteiger partial charge in [0.1, 0.15) is 0 Å². The van der Waals surface area contributed by atoms with Gasteiger partial charge in [-0.2, -0.15) is 0 Å². The van der Waals surface area contributed by atoms with Gasteiger partial charge < -0.3 is 5.48 Å². The van der Waals surface area contributed by atoms with E-state index in [9.17, 15) is 0 Å². The van der Waals surface area contributed by atoms with Gasteiger partial charge in [-0.1, -0.05) is 0 Å². The topological polar surface area (TPSA) is 31.5 Å². The Morgan fingerprint density at radius 3 is 1.00 bits per heavy atom. The van der Waals surface area contributed by atoms with E-state index in [-0.39, 0.29) is 74.9 Å². The van der Waals surface area contributed by atoms with Crippen molar-refractivity contribution in [1.82, 2.24) is 0 Å². The van der Waals surface area contributed by atoms with Crippen LogP contribution in [-0.4, -0.2) is 49.0 Å². The molecule has 0 bridgehead atoms. The van der Waals surface area contributed by atoms with Gasteiger partial charge in [0.15, 0.2) is 17.4 Å². The minimum absolute atomic E-state index is 0. The Morgan fingerprint density at radius 1 is 1.00 bits per heavy atom. The zero-order valence-electron chi connectivity index (χ0n) is 1.71. The van der Waals surface area contributed by atoms with Gasteiger partial charge in [0.25, 0.3) is 0 Å². The molecule has 0 fully saturated rings. The first-order valence-electron chi connectivity index (χ1n) is 0. The molecule has 2 N–H and O–H groups in total. The molecule has 0 aliphatic rings. The van der Waals surface area contributed by atoms with E-state index in [0.29, 0.717) is 0 Å². The second-order valence-electron chi connectivity index (χ2n) is 0. The van der Waals surface area contributed by atoms with Gasteiger partial charge in [-0.25, -0.2) is 0 Å². The number of hydrogen-bond donors (Lipinski definition) is 0. The van der Waals surface area contributed by atoms with Gasteiger partial charge in [-0.3, -0.25) is 0 Å². The van der Waals surface area contributed by atoms with E-state index >= 15 is 0 Å². The average Bonchev–Trinajstić information content (AvgIpc) is 0. The average molecular weight is 439 g/mol. The Morgan fingerprint density at radius 2 is 1.00 bits per heavy atom. The first-order chi connectivity index (χ1) is 0. The maximum absolute atomic E-state index is 0. The van der Waals surface area contributed by atoms with Crippen molar-refractivity contribution in [2.75, 3.05) is 0 Å². The fourth-order valence-electron chi connectivity index (χ4n) is 0. The van der Waals surface area contributed by atoms with Gasteiger partial charge >= 0.3 is 26.2 Å². The van der Waals surface area contributed by atoms with Crippen molar-refractivity contribution in [1.29, 1.82) is 0 Å². The van der Waals surface area contributed by atoms with Crippen LogP contribution in [0, 0.1) is 0 Å². The van der Waals surface area contributed by atoms with Crippen LogP contribution in [0.4, 0.5) is 0 Å². The number of hydrogen-bond acceptors (Lipinski definition) is 0. The molecule has 4 heavy (non-hydrogen) atoms. The van der Waals surface area contributed by atoms with Crippen LogP contribution in [0.1, 0.15) is 0 Å². The van der Waals surface area contributed by atoms with Gasteiger partial charge in [-0.15, -0.1) is 0 Å².